The molecule has 0 aromatic heterocycles. The molecule has 0 fully saturated rings. The first-order valence-electron chi connectivity index (χ1n) is 8.63. The van der Waals surface area contributed by atoms with Crippen LogP contribution in [-0.4, -0.2) is 14.3 Å². The summed E-state index contributed by atoms with van der Waals surface area (Å²) < 4.78 is 27.3. The topological polar surface area (TPSA) is 99.1 Å². The molecule has 3 aromatic rings. The van der Waals surface area contributed by atoms with Crippen molar-refractivity contribution >= 4 is 33.4 Å². The van der Waals surface area contributed by atoms with E-state index >= 15 is 0 Å². The van der Waals surface area contributed by atoms with Crippen LogP contribution in [0.1, 0.15) is 11.1 Å². The van der Waals surface area contributed by atoms with Crippen LogP contribution in [0, 0.1) is 11.3 Å². The summed E-state index contributed by atoms with van der Waals surface area (Å²) in [6.07, 6.45) is 2.99. The highest BCUT2D eigenvalue weighted by Crippen LogP contribution is 2.18. The highest BCUT2D eigenvalue weighted by atomic mass is 32.2. The molecule has 0 radical (unpaired) electrons. The number of carbonyl (C=O) groups is 1. The largest absolute Gasteiger partial charge is 0.323 e. The second-order valence-electron chi connectivity index (χ2n) is 6.05. The van der Waals surface area contributed by atoms with Crippen molar-refractivity contribution in [2.24, 2.45) is 0 Å². The molecule has 2 N–H and O–H groups in total. The third kappa shape index (κ3) is 5.54. The molecule has 3 rings (SSSR count). The summed E-state index contributed by atoms with van der Waals surface area (Å²) in [5.41, 5.74) is 2.27. The average molecular weight is 403 g/mol. The number of para-hydroxylation sites is 1. The number of sulfonamides is 1. The van der Waals surface area contributed by atoms with Crippen molar-refractivity contribution in [3.05, 3.63) is 96.1 Å². The van der Waals surface area contributed by atoms with E-state index < -0.39 is 10.0 Å². The van der Waals surface area contributed by atoms with Gasteiger partial charge in [0.05, 0.1) is 16.5 Å². The van der Waals surface area contributed by atoms with Crippen LogP contribution in [0.4, 0.5) is 11.4 Å². The summed E-state index contributed by atoms with van der Waals surface area (Å²) in [5, 5.41) is 11.5. The number of hydrogen-bond acceptors (Lipinski definition) is 4. The van der Waals surface area contributed by atoms with Gasteiger partial charge in [-0.2, -0.15) is 5.26 Å². The van der Waals surface area contributed by atoms with Gasteiger partial charge in [-0.05, 0) is 60.2 Å². The number of nitrogens with zero attached hydrogens (tertiary/aromatic N) is 1. The minimum atomic E-state index is -3.71. The van der Waals surface area contributed by atoms with Gasteiger partial charge in [0.15, 0.2) is 0 Å². The van der Waals surface area contributed by atoms with Crippen LogP contribution in [0.3, 0.4) is 0 Å². The van der Waals surface area contributed by atoms with E-state index in [0.29, 0.717) is 16.9 Å². The average Bonchev–Trinajstić information content (AvgIpc) is 2.73. The normalized spacial score (nSPS) is 11.0. The first-order valence-corrected chi connectivity index (χ1v) is 10.1. The number of nitriles is 1. The van der Waals surface area contributed by atoms with Crippen LogP contribution < -0.4 is 10.0 Å². The van der Waals surface area contributed by atoms with Crippen LogP contribution in [-0.2, 0) is 14.8 Å². The second kappa shape index (κ2) is 8.87. The Bertz CT molecular complexity index is 1160. The minimum Gasteiger partial charge on any atom is -0.323 e. The summed E-state index contributed by atoms with van der Waals surface area (Å²) in [6.45, 7) is 0. The molecule has 0 bridgehead atoms. The Morgan fingerprint density at radius 2 is 1.52 bits per heavy atom. The number of amides is 1. The molecule has 0 aliphatic rings. The summed E-state index contributed by atoms with van der Waals surface area (Å²) >= 11 is 0. The SMILES string of the molecule is N#Cc1ccc(/C=C/C(=O)Nc2ccc(S(=O)(=O)Nc3ccccc3)cc2)cc1. The third-order valence-corrected chi connectivity index (χ3v) is 5.32. The highest BCUT2D eigenvalue weighted by Gasteiger charge is 2.14. The first-order chi connectivity index (χ1) is 14.0. The van der Waals surface area contributed by atoms with Crippen LogP contribution in [0.15, 0.2) is 89.8 Å². The molecule has 6 nitrogen and oxygen atoms in total. The Morgan fingerprint density at radius 3 is 2.14 bits per heavy atom. The van der Waals surface area contributed by atoms with Crippen molar-refractivity contribution in [1.29, 1.82) is 5.26 Å². The standard InChI is InChI=1S/C22H17N3O3S/c23-16-18-8-6-17(7-9-18)10-15-22(26)24-19-11-13-21(14-12-19)29(27,28)25-20-4-2-1-3-5-20/h1-15,25H,(H,24,26)/b15-10+. The molecular formula is C22H17N3O3S. The van der Waals surface area contributed by atoms with E-state index in [1.807, 2.05) is 6.07 Å². The molecule has 7 heteroatoms. The van der Waals surface area contributed by atoms with Crippen LogP contribution in [0.5, 0.6) is 0 Å². The molecular weight excluding hydrogens is 386 g/mol. The zero-order valence-electron chi connectivity index (χ0n) is 15.2. The van der Waals surface area contributed by atoms with Gasteiger partial charge in [-0.15, -0.1) is 0 Å². The van der Waals surface area contributed by atoms with E-state index in [4.69, 9.17) is 5.26 Å². The number of hydrogen-bond donors (Lipinski definition) is 2. The van der Waals surface area contributed by atoms with Gasteiger partial charge < -0.3 is 5.32 Å². The molecule has 0 saturated carbocycles. The van der Waals surface area contributed by atoms with Crippen molar-refractivity contribution in [3.63, 3.8) is 0 Å². The van der Waals surface area contributed by atoms with Gasteiger partial charge >= 0.3 is 0 Å². The maximum atomic E-state index is 12.4. The Kier molecular flexibility index (Phi) is 6.07. The second-order valence-corrected chi connectivity index (χ2v) is 7.73. The lowest BCUT2D eigenvalue weighted by molar-refractivity contribution is -0.111. The maximum absolute atomic E-state index is 12.4. The Morgan fingerprint density at radius 1 is 0.862 bits per heavy atom. The van der Waals surface area contributed by atoms with Gasteiger partial charge in [0, 0.05) is 17.5 Å². The fourth-order valence-electron chi connectivity index (χ4n) is 2.46. The summed E-state index contributed by atoms with van der Waals surface area (Å²) in [6, 6.07) is 23.3. The highest BCUT2D eigenvalue weighted by molar-refractivity contribution is 7.92. The summed E-state index contributed by atoms with van der Waals surface area (Å²) in [4.78, 5) is 12.1. The van der Waals surface area contributed by atoms with Gasteiger partial charge in [0.25, 0.3) is 10.0 Å². The lowest BCUT2D eigenvalue weighted by Crippen LogP contribution is -2.13. The molecule has 0 aliphatic carbocycles. The number of rotatable bonds is 6. The van der Waals surface area contributed by atoms with Crippen LogP contribution in [0.25, 0.3) is 6.08 Å². The van der Waals surface area contributed by atoms with E-state index in [1.165, 1.54) is 30.3 Å². The Balaban J connectivity index is 1.63. The monoisotopic (exact) mass is 403 g/mol. The predicted octanol–water partition coefficient (Wildman–Crippen LogP) is 4.01. The van der Waals surface area contributed by atoms with Crippen molar-refractivity contribution in [2.45, 2.75) is 4.90 Å². The van der Waals surface area contributed by atoms with Crippen molar-refractivity contribution < 1.29 is 13.2 Å². The van der Waals surface area contributed by atoms with Gasteiger partial charge in [0.1, 0.15) is 0 Å². The number of benzene rings is 3. The molecule has 1 amide bonds. The van der Waals surface area contributed by atoms with Crippen molar-refractivity contribution in [2.75, 3.05) is 10.0 Å². The quantitative estimate of drug-likeness (QED) is 0.608. The summed E-state index contributed by atoms with van der Waals surface area (Å²) in [7, 11) is -3.71. The first kappa shape index (κ1) is 19.9. The molecule has 0 spiro atoms. The lowest BCUT2D eigenvalue weighted by Gasteiger charge is -2.09. The van der Waals surface area contributed by atoms with Gasteiger partial charge in [-0.25, -0.2) is 8.42 Å². The summed E-state index contributed by atoms with van der Waals surface area (Å²) in [5.74, 6) is -0.354. The number of nitrogens with one attached hydrogen (secondary N) is 2. The third-order valence-electron chi connectivity index (χ3n) is 3.93. The number of anilines is 2. The van der Waals surface area contributed by atoms with E-state index in [-0.39, 0.29) is 10.8 Å². The Hall–Kier alpha value is -3.89. The number of carbonyl (C=O) groups excluding carboxylic acids is 1. The van der Waals surface area contributed by atoms with Gasteiger partial charge in [-0.3, -0.25) is 9.52 Å². The Labute approximate surface area is 169 Å². The lowest BCUT2D eigenvalue weighted by atomic mass is 10.1. The fraction of sp³-hybridized carbons (Fsp3) is 0. The molecule has 0 saturated heterocycles. The van der Waals surface area contributed by atoms with E-state index in [1.54, 1.807) is 60.7 Å². The maximum Gasteiger partial charge on any atom is 0.261 e. The minimum absolute atomic E-state index is 0.0903. The zero-order valence-corrected chi connectivity index (χ0v) is 16.1. The molecule has 144 valence electrons. The molecule has 0 unspecified atom stereocenters. The van der Waals surface area contributed by atoms with E-state index in [2.05, 4.69) is 10.0 Å². The molecule has 0 aliphatic heterocycles. The van der Waals surface area contributed by atoms with E-state index in [0.717, 1.165) is 5.56 Å². The van der Waals surface area contributed by atoms with Gasteiger partial charge in [0.2, 0.25) is 5.91 Å². The van der Waals surface area contributed by atoms with Crippen LogP contribution >= 0.6 is 0 Å². The van der Waals surface area contributed by atoms with Gasteiger partial charge in [-0.1, -0.05) is 30.3 Å². The predicted molar refractivity (Wildman–Crippen MR) is 113 cm³/mol. The van der Waals surface area contributed by atoms with Crippen LogP contribution in [0.2, 0.25) is 0 Å². The molecule has 0 heterocycles. The van der Waals surface area contributed by atoms with Crippen molar-refractivity contribution in [3.8, 4) is 6.07 Å². The molecule has 3 aromatic carbocycles. The zero-order chi connectivity index (χ0) is 20.7. The van der Waals surface area contributed by atoms with Crippen molar-refractivity contribution in [1.82, 2.24) is 0 Å². The fourth-order valence-corrected chi connectivity index (χ4v) is 3.52. The molecule has 0 atom stereocenters. The molecule has 29 heavy (non-hydrogen) atoms. The smallest absolute Gasteiger partial charge is 0.261 e. The van der Waals surface area contributed by atoms with E-state index in [9.17, 15) is 13.2 Å².